The average Bonchev–Trinajstić information content (AvgIpc) is 3.29. The lowest BCUT2D eigenvalue weighted by Gasteiger charge is -2.31. The number of likely N-dealkylation sites (tertiary alicyclic amines) is 1. The minimum atomic E-state index is -0.189. The highest BCUT2D eigenvalue weighted by Crippen LogP contribution is 2.28. The molecule has 0 aromatic heterocycles. The summed E-state index contributed by atoms with van der Waals surface area (Å²) in [5.41, 5.74) is 3.95. The van der Waals surface area contributed by atoms with Crippen LogP contribution in [0.3, 0.4) is 0 Å². The first-order chi connectivity index (χ1) is 13.3. The highest BCUT2D eigenvalue weighted by atomic mass is 16.5. The van der Waals surface area contributed by atoms with Crippen LogP contribution in [0.4, 0.5) is 0 Å². The van der Waals surface area contributed by atoms with Crippen LogP contribution in [-0.4, -0.2) is 60.5 Å². The number of ether oxygens (including phenoxy) is 1. The van der Waals surface area contributed by atoms with Crippen molar-refractivity contribution in [2.45, 2.75) is 52.2 Å². The van der Waals surface area contributed by atoms with Crippen molar-refractivity contribution in [1.29, 1.82) is 0 Å². The molecule has 5 heteroatoms. The first-order valence-corrected chi connectivity index (χ1v) is 10.2. The second kappa shape index (κ2) is 8.48. The van der Waals surface area contributed by atoms with E-state index in [-0.39, 0.29) is 29.9 Å². The number of aryl methyl sites for hydroxylation is 3. The molecule has 0 bridgehead atoms. The van der Waals surface area contributed by atoms with Crippen molar-refractivity contribution >= 4 is 11.8 Å². The summed E-state index contributed by atoms with van der Waals surface area (Å²) in [5, 5.41) is 0. The first-order valence-electron chi connectivity index (χ1n) is 10.2. The Morgan fingerprint density at radius 1 is 1.25 bits per heavy atom. The predicted molar refractivity (Wildman–Crippen MR) is 110 cm³/mol. The van der Waals surface area contributed by atoms with E-state index in [4.69, 9.17) is 4.74 Å². The van der Waals surface area contributed by atoms with Gasteiger partial charge in [-0.2, -0.15) is 0 Å². The molecule has 2 fully saturated rings. The van der Waals surface area contributed by atoms with Gasteiger partial charge >= 0.3 is 0 Å². The Bertz CT molecular complexity index is 750. The zero-order chi connectivity index (χ0) is 20.4. The Kier molecular flexibility index (Phi) is 6.23. The minimum Gasteiger partial charge on any atom is -0.373 e. The number of likely N-dealkylation sites (N-methyl/N-ethyl adjacent to an activating group) is 1. The first kappa shape index (κ1) is 20.6. The van der Waals surface area contributed by atoms with Crippen LogP contribution in [0.1, 0.15) is 46.3 Å². The molecule has 2 saturated heterocycles. The molecule has 0 saturated carbocycles. The van der Waals surface area contributed by atoms with E-state index in [1.165, 1.54) is 0 Å². The van der Waals surface area contributed by atoms with Gasteiger partial charge in [-0.1, -0.05) is 23.8 Å². The maximum atomic E-state index is 13.1. The molecule has 1 aromatic rings. The zero-order valence-corrected chi connectivity index (χ0v) is 17.5. The number of carbonyl (C=O) groups is 2. The van der Waals surface area contributed by atoms with E-state index in [9.17, 15) is 9.59 Å². The second-order valence-corrected chi connectivity index (χ2v) is 8.25. The Morgan fingerprint density at radius 3 is 2.57 bits per heavy atom. The maximum absolute atomic E-state index is 13.1. The predicted octanol–water partition coefficient (Wildman–Crippen LogP) is 3.27. The summed E-state index contributed by atoms with van der Waals surface area (Å²) in [6, 6.07) is 4.17. The van der Waals surface area contributed by atoms with E-state index < -0.39 is 0 Å². The van der Waals surface area contributed by atoms with Crippen LogP contribution in [-0.2, 0) is 9.53 Å². The van der Waals surface area contributed by atoms with E-state index in [0.717, 1.165) is 48.1 Å². The second-order valence-electron chi connectivity index (χ2n) is 8.25. The normalized spacial score (nSPS) is 24.4. The maximum Gasteiger partial charge on any atom is 0.254 e. The molecular weight excluding hydrogens is 352 g/mol. The third-order valence-electron chi connectivity index (χ3n) is 6.07. The average molecular weight is 385 g/mol. The van der Waals surface area contributed by atoms with Gasteiger partial charge in [-0.05, 0) is 51.2 Å². The number of rotatable bonds is 5. The molecule has 0 spiro atoms. The molecule has 0 N–H and O–H groups in total. The van der Waals surface area contributed by atoms with Gasteiger partial charge in [-0.3, -0.25) is 9.59 Å². The third kappa shape index (κ3) is 4.00. The highest BCUT2D eigenvalue weighted by Gasteiger charge is 2.39. The van der Waals surface area contributed by atoms with Crippen molar-refractivity contribution < 1.29 is 14.3 Å². The molecule has 0 radical (unpaired) electrons. The van der Waals surface area contributed by atoms with E-state index in [1.54, 1.807) is 11.0 Å². The number of hydrogen-bond donors (Lipinski definition) is 0. The van der Waals surface area contributed by atoms with Crippen LogP contribution >= 0.6 is 0 Å². The van der Waals surface area contributed by atoms with Crippen molar-refractivity contribution in [3.8, 4) is 0 Å². The van der Waals surface area contributed by atoms with Gasteiger partial charge in [-0.15, -0.1) is 6.58 Å². The molecule has 28 heavy (non-hydrogen) atoms. The smallest absolute Gasteiger partial charge is 0.254 e. The van der Waals surface area contributed by atoms with Crippen molar-refractivity contribution in [2.24, 2.45) is 5.92 Å². The van der Waals surface area contributed by atoms with Crippen LogP contribution < -0.4 is 0 Å². The summed E-state index contributed by atoms with van der Waals surface area (Å²) in [5.74, 6) is 0.0385. The molecule has 2 heterocycles. The van der Waals surface area contributed by atoms with Crippen molar-refractivity contribution in [2.75, 3.05) is 26.7 Å². The lowest BCUT2D eigenvalue weighted by Crippen LogP contribution is -2.47. The molecular formula is C23H32N2O3. The molecule has 2 aliphatic rings. The van der Waals surface area contributed by atoms with Crippen LogP contribution in [0.15, 0.2) is 24.8 Å². The monoisotopic (exact) mass is 384 g/mol. The van der Waals surface area contributed by atoms with Crippen LogP contribution in [0.5, 0.6) is 0 Å². The molecule has 0 aliphatic carbocycles. The Labute approximate surface area is 168 Å². The van der Waals surface area contributed by atoms with Gasteiger partial charge in [0.1, 0.15) is 0 Å². The van der Waals surface area contributed by atoms with E-state index in [0.29, 0.717) is 13.2 Å². The summed E-state index contributed by atoms with van der Waals surface area (Å²) in [6.07, 6.45) is 4.20. The zero-order valence-electron chi connectivity index (χ0n) is 17.5. The Morgan fingerprint density at radius 2 is 1.93 bits per heavy atom. The quantitative estimate of drug-likeness (QED) is 0.732. The Balaban J connectivity index is 1.71. The van der Waals surface area contributed by atoms with Gasteiger partial charge in [-0.25, -0.2) is 0 Å². The summed E-state index contributed by atoms with van der Waals surface area (Å²) in [6.45, 7) is 11.7. The summed E-state index contributed by atoms with van der Waals surface area (Å²) < 4.78 is 5.61. The van der Waals surface area contributed by atoms with Crippen molar-refractivity contribution in [3.63, 3.8) is 0 Å². The fraction of sp³-hybridized carbons (Fsp3) is 0.565. The van der Waals surface area contributed by atoms with Crippen LogP contribution in [0.25, 0.3) is 0 Å². The lowest BCUT2D eigenvalue weighted by atomic mass is 9.98. The summed E-state index contributed by atoms with van der Waals surface area (Å²) in [7, 11) is 1.84. The van der Waals surface area contributed by atoms with Gasteiger partial charge in [0.05, 0.1) is 12.0 Å². The largest absolute Gasteiger partial charge is 0.373 e. The summed E-state index contributed by atoms with van der Waals surface area (Å²) in [4.78, 5) is 29.9. The number of amides is 2. The van der Waals surface area contributed by atoms with Crippen LogP contribution in [0, 0.1) is 26.7 Å². The number of nitrogens with zero attached hydrogens (tertiary/aromatic N) is 2. The molecule has 1 aromatic carbocycles. The SMILES string of the molecule is C=C[C@@H]1OCC[C@H]1C(=O)N1CCC[C@H]1CN(C)C(=O)c1c(C)cc(C)cc1C. The van der Waals surface area contributed by atoms with Gasteiger partial charge in [0, 0.05) is 38.3 Å². The molecule has 2 aliphatic heterocycles. The van der Waals surface area contributed by atoms with Crippen molar-refractivity contribution in [1.82, 2.24) is 9.80 Å². The van der Waals surface area contributed by atoms with E-state index in [2.05, 4.69) is 18.7 Å². The van der Waals surface area contributed by atoms with Crippen LogP contribution in [0.2, 0.25) is 0 Å². The molecule has 152 valence electrons. The third-order valence-corrected chi connectivity index (χ3v) is 6.07. The minimum absolute atomic E-state index is 0.0301. The topological polar surface area (TPSA) is 49.9 Å². The number of hydrogen-bond acceptors (Lipinski definition) is 3. The molecule has 0 unspecified atom stereocenters. The molecule has 3 rings (SSSR count). The molecule has 3 atom stereocenters. The number of carbonyl (C=O) groups excluding carboxylic acids is 2. The molecule has 5 nitrogen and oxygen atoms in total. The summed E-state index contributed by atoms with van der Waals surface area (Å²) >= 11 is 0. The van der Waals surface area contributed by atoms with Gasteiger partial charge in [0.25, 0.3) is 5.91 Å². The van der Waals surface area contributed by atoms with E-state index >= 15 is 0 Å². The number of benzene rings is 1. The van der Waals surface area contributed by atoms with E-state index in [1.807, 2.05) is 32.7 Å². The van der Waals surface area contributed by atoms with Gasteiger partial charge in [0.15, 0.2) is 0 Å². The van der Waals surface area contributed by atoms with Gasteiger partial charge in [0.2, 0.25) is 5.91 Å². The fourth-order valence-corrected chi connectivity index (χ4v) is 4.74. The van der Waals surface area contributed by atoms with Crippen molar-refractivity contribution in [3.05, 3.63) is 47.0 Å². The Hall–Kier alpha value is -2.14. The molecule has 2 amide bonds. The fourth-order valence-electron chi connectivity index (χ4n) is 4.74. The standard InChI is InChI=1S/C23H32N2O3/c1-6-20-19(9-11-28-20)22(26)25-10-7-8-18(25)14-24(5)23(27)21-16(3)12-15(2)13-17(21)4/h6,12-13,18-20H,1,7-11,14H2,2-5H3/t18-,19+,20-/m0/s1. The lowest BCUT2D eigenvalue weighted by molar-refractivity contribution is -0.137. The highest BCUT2D eigenvalue weighted by molar-refractivity contribution is 5.97. The van der Waals surface area contributed by atoms with Gasteiger partial charge < -0.3 is 14.5 Å².